The van der Waals surface area contributed by atoms with Crippen LogP contribution < -0.4 is 0 Å². The molecule has 0 saturated carbocycles. The van der Waals surface area contributed by atoms with Gasteiger partial charge in [0.1, 0.15) is 5.78 Å². The Labute approximate surface area is 90.5 Å². The highest BCUT2D eigenvalue weighted by Gasteiger charge is 2.06. The van der Waals surface area contributed by atoms with Crippen LogP contribution in [0.1, 0.15) is 26.7 Å². The molecule has 1 aliphatic heterocycles. The van der Waals surface area contributed by atoms with Crippen molar-refractivity contribution in [3.63, 3.8) is 0 Å². The Kier molecular flexibility index (Phi) is 4.03. The van der Waals surface area contributed by atoms with Crippen molar-refractivity contribution in [2.45, 2.75) is 26.7 Å². The largest absolute Gasteiger partial charge is 0.300 e. The van der Waals surface area contributed by atoms with Gasteiger partial charge in [-0.3, -0.25) is 4.79 Å². The molecule has 80 valence electrons. The van der Waals surface area contributed by atoms with Gasteiger partial charge in [-0.2, -0.15) is 5.10 Å². The second kappa shape index (κ2) is 5.29. The average Bonchev–Trinajstić information content (AvgIpc) is 2.19. The van der Waals surface area contributed by atoms with Crippen LogP contribution in [-0.4, -0.2) is 16.5 Å². The number of nitrogens with zero attached hydrogens (tertiary/aromatic N) is 2. The third-order valence-corrected chi connectivity index (χ3v) is 2.03. The smallest absolute Gasteiger partial charge is 0.135 e. The number of hydrazone groups is 1. The van der Waals surface area contributed by atoms with Crippen LogP contribution in [-0.2, 0) is 4.79 Å². The highest BCUT2D eigenvalue weighted by Crippen LogP contribution is 2.11. The van der Waals surface area contributed by atoms with Crippen LogP contribution in [0.15, 0.2) is 41.8 Å². The summed E-state index contributed by atoms with van der Waals surface area (Å²) in [6.07, 6.45) is 8.70. The molecule has 1 rings (SSSR count). The first kappa shape index (κ1) is 11.4. The minimum absolute atomic E-state index is 0.137. The van der Waals surface area contributed by atoms with E-state index in [1.54, 1.807) is 11.9 Å². The van der Waals surface area contributed by atoms with Crippen molar-refractivity contribution in [3.8, 4) is 0 Å². The summed E-state index contributed by atoms with van der Waals surface area (Å²) < 4.78 is 0. The molecule has 1 aliphatic rings. The molecule has 0 radical (unpaired) electrons. The molecule has 0 fully saturated rings. The molecule has 15 heavy (non-hydrogen) atoms. The molecule has 0 aliphatic carbocycles. The van der Waals surface area contributed by atoms with Gasteiger partial charge in [0.2, 0.25) is 0 Å². The minimum Gasteiger partial charge on any atom is -0.300 e. The molecule has 0 aromatic rings. The molecular formula is C12H16N2O. The zero-order valence-corrected chi connectivity index (χ0v) is 9.23. The van der Waals surface area contributed by atoms with Crippen molar-refractivity contribution in [1.29, 1.82) is 0 Å². The van der Waals surface area contributed by atoms with E-state index >= 15 is 0 Å². The number of allylic oxidation sites excluding steroid dienone is 3. The monoisotopic (exact) mass is 204 g/mol. The second-order valence-corrected chi connectivity index (χ2v) is 3.44. The average molecular weight is 204 g/mol. The lowest BCUT2D eigenvalue weighted by Crippen LogP contribution is -2.14. The summed E-state index contributed by atoms with van der Waals surface area (Å²) in [5, 5.41) is 6.06. The first-order valence-corrected chi connectivity index (χ1v) is 5.02. The van der Waals surface area contributed by atoms with Gasteiger partial charge in [0.05, 0.1) is 5.70 Å². The number of ketones is 1. The Morgan fingerprint density at radius 1 is 1.53 bits per heavy atom. The number of carbonyl (C=O) groups excluding carboxylic acids is 1. The summed E-state index contributed by atoms with van der Waals surface area (Å²) in [5.41, 5.74) is 1.69. The molecule has 0 bridgehead atoms. The van der Waals surface area contributed by atoms with Gasteiger partial charge < -0.3 is 0 Å². The Hall–Kier alpha value is -1.64. The highest BCUT2D eigenvalue weighted by molar-refractivity contribution is 6.00. The molecule has 0 saturated heterocycles. The molecule has 0 N–H and O–H groups in total. The maximum atomic E-state index is 11.0. The SMILES string of the molecule is C=C1C=CC=CN1/N=C(/CC)CC(C)=O. The van der Waals surface area contributed by atoms with Gasteiger partial charge in [0, 0.05) is 18.3 Å². The maximum absolute atomic E-state index is 11.0. The van der Waals surface area contributed by atoms with E-state index in [0.717, 1.165) is 17.8 Å². The van der Waals surface area contributed by atoms with Crippen LogP contribution in [0, 0.1) is 0 Å². The quantitative estimate of drug-likeness (QED) is 0.659. The fourth-order valence-electron chi connectivity index (χ4n) is 1.24. The Balaban J connectivity index is 2.74. The molecule has 0 aromatic carbocycles. The van der Waals surface area contributed by atoms with E-state index in [1.807, 2.05) is 31.4 Å². The first-order chi connectivity index (χ1) is 7.13. The van der Waals surface area contributed by atoms with Crippen molar-refractivity contribution in [1.82, 2.24) is 5.01 Å². The molecule has 0 amide bonds. The van der Waals surface area contributed by atoms with Gasteiger partial charge >= 0.3 is 0 Å². The summed E-state index contributed by atoms with van der Waals surface area (Å²) in [7, 11) is 0. The zero-order valence-electron chi connectivity index (χ0n) is 9.23. The Morgan fingerprint density at radius 3 is 2.80 bits per heavy atom. The number of carbonyl (C=O) groups is 1. The van der Waals surface area contributed by atoms with Gasteiger partial charge in [-0.1, -0.05) is 19.6 Å². The number of hydrogen-bond acceptors (Lipinski definition) is 3. The fraction of sp³-hybridized carbons (Fsp3) is 0.333. The summed E-state index contributed by atoms with van der Waals surface area (Å²) >= 11 is 0. The summed E-state index contributed by atoms with van der Waals surface area (Å²) in [6, 6.07) is 0. The number of hydrogen-bond donors (Lipinski definition) is 0. The van der Waals surface area contributed by atoms with Crippen molar-refractivity contribution < 1.29 is 4.79 Å². The fourth-order valence-corrected chi connectivity index (χ4v) is 1.24. The van der Waals surface area contributed by atoms with E-state index < -0.39 is 0 Å². The topological polar surface area (TPSA) is 32.7 Å². The van der Waals surface area contributed by atoms with Gasteiger partial charge in [-0.25, -0.2) is 5.01 Å². The second-order valence-electron chi connectivity index (χ2n) is 3.44. The Bertz CT molecular complexity index is 351. The lowest BCUT2D eigenvalue weighted by atomic mass is 10.2. The van der Waals surface area contributed by atoms with Crippen molar-refractivity contribution in [2.24, 2.45) is 5.10 Å². The van der Waals surface area contributed by atoms with Crippen molar-refractivity contribution in [2.75, 3.05) is 0 Å². The maximum Gasteiger partial charge on any atom is 0.135 e. The third-order valence-electron chi connectivity index (χ3n) is 2.03. The molecular weight excluding hydrogens is 188 g/mol. The van der Waals surface area contributed by atoms with Crippen LogP contribution in [0.4, 0.5) is 0 Å². The predicted octanol–water partition coefficient (Wildman–Crippen LogP) is 2.63. The van der Waals surface area contributed by atoms with Gasteiger partial charge in [-0.15, -0.1) is 0 Å². The van der Waals surface area contributed by atoms with E-state index in [4.69, 9.17) is 0 Å². The summed E-state index contributed by atoms with van der Waals surface area (Å²) in [4.78, 5) is 11.0. The van der Waals surface area contributed by atoms with E-state index in [-0.39, 0.29) is 5.78 Å². The van der Waals surface area contributed by atoms with Crippen LogP contribution >= 0.6 is 0 Å². The zero-order chi connectivity index (χ0) is 11.3. The Morgan fingerprint density at radius 2 is 2.27 bits per heavy atom. The van der Waals surface area contributed by atoms with Crippen LogP contribution in [0.25, 0.3) is 0 Å². The molecule has 0 unspecified atom stereocenters. The summed E-state index contributed by atoms with van der Waals surface area (Å²) in [6.45, 7) is 7.43. The molecule has 0 aromatic heterocycles. The van der Waals surface area contributed by atoms with Gasteiger partial charge in [0.15, 0.2) is 0 Å². The summed E-state index contributed by atoms with van der Waals surface area (Å²) in [5.74, 6) is 0.137. The molecule has 0 spiro atoms. The lowest BCUT2D eigenvalue weighted by Gasteiger charge is -2.18. The van der Waals surface area contributed by atoms with E-state index in [1.165, 1.54) is 0 Å². The van der Waals surface area contributed by atoms with Crippen LogP contribution in [0.5, 0.6) is 0 Å². The van der Waals surface area contributed by atoms with Gasteiger partial charge in [-0.05, 0) is 25.5 Å². The number of Topliss-reactive ketones (excluding diaryl/α,β-unsaturated/α-hetero) is 1. The normalized spacial score (nSPS) is 16.0. The third kappa shape index (κ3) is 3.54. The highest BCUT2D eigenvalue weighted by atomic mass is 16.1. The van der Waals surface area contributed by atoms with Crippen molar-refractivity contribution >= 4 is 11.5 Å². The predicted molar refractivity (Wildman–Crippen MR) is 62.3 cm³/mol. The van der Waals surface area contributed by atoms with Crippen molar-refractivity contribution in [3.05, 3.63) is 36.7 Å². The first-order valence-electron chi connectivity index (χ1n) is 5.02. The standard InChI is InChI=1S/C12H16N2O/c1-4-12(9-11(3)15)13-14-8-6-5-7-10(14)2/h5-8H,2,4,9H2,1,3H3/b13-12-. The molecule has 0 atom stereocenters. The van der Waals surface area contributed by atoms with E-state index in [0.29, 0.717) is 6.42 Å². The van der Waals surface area contributed by atoms with Gasteiger partial charge in [0.25, 0.3) is 0 Å². The van der Waals surface area contributed by atoms with Crippen LogP contribution in [0.2, 0.25) is 0 Å². The van der Waals surface area contributed by atoms with E-state index in [9.17, 15) is 4.79 Å². The van der Waals surface area contributed by atoms with E-state index in [2.05, 4.69) is 11.7 Å². The minimum atomic E-state index is 0.137. The molecule has 3 nitrogen and oxygen atoms in total. The molecule has 3 heteroatoms. The lowest BCUT2D eigenvalue weighted by molar-refractivity contribution is -0.115. The molecule has 1 heterocycles. The van der Waals surface area contributed by atoms with Crippen LogP contribution in [0.3, 0.4) is 0 Å². The number of rotatable bonds is 4.